The highest BCUT2D eigenvalue weighted by molar-refractivity contribution is 5.77. The first-order chi connectivity index (χ1) is 13.0. The van der Waals surface area contributed by atoms with Crippen molar-refractivity contribution < 1.29 is 4.79 Å². The molecule has 2 aromatic rings. The van der Waals surface area contributed by atoms with Crippen molar-refractivity contribution in [2.75, 3.05) is 33.7 Å². The molecule has 2 heterocycles. The molecule has 0 radical (unpaired) electrons. The molecular weight excluding hydrogens is 338 g/mol. The maximum Gasteiger partial charge on any atom is 0.234 e. The number of likely N-dealkylation sites (tertiary alicyclic amines) is 1. The fourth-order valence-electron chi connectivity index (χ4n) is 4.13. The lowest BCUT2D eigenvalue weighted by Gasteiger charge is -2.40. The molecule has 0 aliphatic carbocycles. The van der Waals surface area contributed by atoms with Crippen molar-refractivity contribution in [2.45, 2.75) is 25.4 Å². The maximum atomic E-state index is 12.3. The standard InChI is InChI=1S/C21H31N5O/c1-24(16-20(27)22-12-17-8-5-4-6-9-17)14-18-10-7-11-25(2)21(18)19-13-23-26(3)15-19/h4-6,8-9,13,15,18,21H,7,10-12,14,16H2,1-3H3,(H,22,27)/t18-,21+/m0/s1. The third-order valence-electron chi connectivity index (χ3n) is 5.37. The van der Waals surface area contributed by atoms with Crippen molar-refractivity contribution in [3.8, 4) is 0 Å². The number of benzene rings is 1. The fraction of sp³-hybridized carbons (Fsp3) is 0.524. The van der Waals surface area contributed by atoms with Crippen molar-refractivity contribution in [3.63, 3.8) is 0 Å². The van der Waals surface area contributed by atoms with E-state index in [4.69, 9.17) is 0 Å². The van der Waals surface area contributed by atoms with E-state index in [-0.39, 0.29) is 5.91 Å². The number of likely N-dealkylation sites (N-methyl/N-ethyl adjacent to an activating group) is 1. The third kappa shape index (κ3) is 5.40. The second-order valence-corrected chi connectivity index (χ2v) is 7.73. The van der Waals surface area contributed by atoms with Gasteiger partial charge in [0.25, 0.3) is 0 Å². The van der Waals surface area contributed by atoms with Gasteiger partial charge in [-0.15, -0.1) is 0 Å². The van der Waals surface area contributed by atoms with Crippen LogP contribution in [0.25, 0.3) is 0 Å². The Kier molecular flexibility index (Phi) is 6.63. The number of nitrogens with zero attached hydrogens (tertiary/aromatic N) is 4. The van der Waals surface area contributed by atoms with Crippen LogP contribution >= 0.6 is 0 Å². The second-order valence-electron chi connectivity index (χ2n) is 7.73. The summed E-state index contributed by atoms with van der Waals surface area (Å²) in [5, 5.41) is 7.37. The molecule has 1 aromatic carbocycles. The van der Waals surface area contributed by atoms with Crippen LogP contribution in [0.5, 0.6) is 0 Å². The van der Waals surface area contributed by atoms with Gasteiger partial charge in [0.05, 0.1) is 12.7 Å². The average molecular weight is 370 g/mol. The molecule has 27 heavy (non-hydrogen) atoms. The summed E-state index contributed by atoms with van der Waals surface area (Å²) < 4.78 is 1.87. The topological polar surface area (TPSA) is 53.4 Å². The van der Waals surface area contributed by atoms with E-state index in [2.05, 4.69) is 33.5 Å². The summed E-state index contributed by atoms with van der Waals surface area (Å²) in [6.07, 6.45) is 6.48. The number of rotatable bonds is 7. The van der Waals surface area contributed by atoms with Gasteiger partial charge in [-0.3, -0.25) is 19.3 Å². The monoisotopic (exact) mass is 369 g/mol. The Labute approximate surface area is 162 Å². The number of aryl methyl sites for hydroxylation is 1. The van der Waals surface area contributed by atoms with Gasteiger partial charge < -0.3 is 5.32 Å². The number of aromatic nitrogens is 2. The van der Waals surface area contributed by atoms with E-state index in [1.165, 1.54) is 18.4 Å². The van der Waals surface area contributed by atoms with Crippen LogP contribution < -0.4 is 5.32 Å². The second kappa shape index (κ2) is 9.15. The summed E-state index contributed by atoms with van der Waals surface area (Å²) in [5.74, 6) is 0.573. The summed E-state index contributed by atoms with van der Waals surface area (Å²) in [5.41, 5.74) is 2.39. The summed E-state index contributed by atoms with van der Waals surface area (Å²) in [4.78, 5) is 16.9. The molecule has 3 rings (SSSR count). The Morgan fingerprint density at radius 2 is 2.07 bits per heavy atom. The molecule has 1 aliphatic heterocycles. The number of piperidine rings is 1. The van der Waals surface area contributed by atoms with E-state index >= 15 is 0 Å². The maximum absolute atomic E-state index is 12.3. The van der Waals surface area contributed by atoms with Gasteiger partial charge in [-0.1, -0.05) is 30.3 Å². The fourth-order valence-corrected chi connectivity index (χ4v) is 4.13. The highest BCUT2D eigenvalue weighted by Gasteiger charge is 2.32. The van der Waals surface area contributed by atoms with Crippen LogP contribution in [0, 0.1) is 5.92 Å². The number of amides is 1. The molecule has 1 amide bonds. The highest BCUT2D eigenvalue weighted by Crippen LogP contribution is 2.35. The van der Waals surface area contributed by atoms with Gasteiger partial charge in [0.15, 0.2) is 0 Å². The third-order valence-corrected chi connectivity index (χ3v) is 5.37. The van der Waals surface area contributed by atoms with Gasteiger partial charge in [-0.05, 0) is 45.0 Å². The zero-order chi connectivity index (χ0) is 19.2. The Morgan fingerprint density at radius 3 is 2.78 bits per heavy atom. The van der Waals surface area contributed by atoms with E-state index < -0.39 is 0 Å². The van der Waals surface area contributed by atoms with Gasteiger partial charge in [-0.25, -0.2) is 0 Å². The molecule has 2 atom stereocenters. The van der Waals surface area contributed by atoms with Crippen LogP contribution in [0.3, 0.4) is 0 Å². The van der Waals surface area contributed by atoms with Crippen molar-refractivity contribution in [1.29, 1.82) is 0 Å². The number of hydrogen-bond donors (Lipinski definition) is 1. The molecule has 146 valence electrons. The van der Waals surface area contributed by atoms with Crippen molar-refractivity contribution in [3.05, 3.63) is 53.9 Å². The van der Waals surface area contributed by atoms with Gasteiger partial charge in [-0.2, -0.15) is 5.10 Å². The van der Waals surface area contributed by atoms with Crippen LogP contribution in [0.2, 0.25) is 0 Å². The minimum atomic E-state index is 0.0726. The number of carbonyl (C=O) groups is 1. The summed E-state index contributed by atoms with van der Waals surface area (Å²) >= 11 is 0. The van der Waals surface area contributed by atoms with Crippen LogP contribution in [0.15, 0.2) is 42.7 Å². The minimum absolute atomic E-state index is 0.0726. The van der Waals surface area contributed by atoms with Gasteiger partial charge in [0.2, 0.25) is 5.91 Å². The van der Waals surface area contributed by atoms with Gasteiger partial charge in [0.1, 0.15) is 0 Å². The Morgan fingerprint density at radius 1 is 1.30 bits per heavy atom. The lowest BCUT2D eigenvalue weighted by atomic mass is 9.86. The lowest BCUT2D eigenvalue weighted by Crippen LogP contribution is -2.43. The largest absolute Gasteiger partial charge is 0.351 e. The summed E-state index contributed by atoms with van der Waals surface area (Å²) in [6.45, 7) is 3.02. The molecule has 1 fully saturated rings. The Balaban J connectivity index is 1.53. The first-order valence-corrected chi connectivity index (χ1v) is 9.71. The van der Waals surface area contributed by atoms with E-state index in [0.29, 0.717) is 25.0 Å². The molecule has 6 nitrogen and oxygen atoms in total. The molecule has 0 unspecified atom stereocenters. The lowest BCUT2D eigenvalue weighted by molar-refractivity contribution is -0.122. The minimum Gasteiger partial charge on any atom is -0.351 e. The van der Waals surface area contributed by atoms with E-state index in [9.17, 15) is 4.79 Å². The Bertz CT molecular complexity index is 729. The van der Waals surface area contributed by atoms with Crippen molar-refractivity contribution in [2.24, 2.45) is 13.0 Å². The highest BCUT2D eigenvalue weighted by atomic mass is 16.2. The predicted molar refractivity (Wildman–Crippen MR) is 107 cm³/mol. The zero-order valence-corrected chi connectivity index (χ0v) is 16.6. The molecule has 0 spiro atoms. The molecule has 1 aliphatic rings. The van der Waals surface area contributed by atoms with Gasteiger partial charge >= 0.3 is 0 Å². The number of nitrogens with one attached hydrogen (secondary N) is 1. The smallest absolute Gasteiger partial charge is 0.234 e. The van der Waals surface area contributed by atoms with E-state index in [1.54, 1.807) is 0 Å². The number of hydrogen-bond acceptors (Lipinski definition) is 4. The predicted octanol–water partition coefficient (Wildman–Crippen LogP) is 2.05. The first kappa shape index (κ1) is 19.6. The van der Waals surface area contributed by atoms with Crippen LogP contribution in [0.1, 0.15) is 30.0 Å². The molecule has 0 bridgehead atoms. The van der Waals surface area contributed by atoms with Crippen molar-refractivity contribution in [1.82, 2.24) is 24.9 Å². The number of carbonyl (C=O) groups excluding carboxylic acids is 1. The van der Waals surface area contributed by atoms with E-state index in [0.717, 1.165) is 18.7 Å². The molecular formula is C21H31N5O. The zero-order valence-electron chi connectivity index (χ0n) is 16.6. The normalized spacial score (nSPS) is 20.7. The summed E-state index contributed by atoms with van der Waals surface area (Å²) in [7, 11) is 6.19. The summed E-state index contributed by atoms with van der Waals surface area (Å²) in [6, 6.07) is 10.4. The average Bonchev–Trinajstić information content (AvgIpc) is 3.07. The quantitative estimate of drug-likeness (QED) is 0.812. The SMILES string of the molecule is CN(CC(=O)NCc1ccccc1)C[C@@H]1CCCN(C)[C@H]1c1cnn(C)c1. The first-order valence-electron chi connectivity index (χ1n) is 9.71. The molecule has 1 saturated heterocycles. The van der Waals surface area contributed by atoms with Crippen LogP contribution in [-0.4, -0.2) is 59.2 Å². The molecule has 6 heteroatoms. The van der Waals surface area contributed by atoms with Crippen LogP contribution in [-0.2, 0) is 18.4 Å². The Hall–Kier alpha value is -2.18. The molecule has 0 saturated carbocycles. The van der Waals surface area contributed by atoms with Crippen LogP contribution in [0.4, 0.5) is 0 Å². The molecule has 1 aromatic heterocycles. The van der Waals surface area contributed by atoms with E-state index in [1.807, 2.05) is 55.3 Å². The van der Waals surface area contributed by atoms with Crippen molar-refractivity contribution >= 4 is 5.91 Å². The van der Waals surface area contributed by atoms with Gasteiger partial charge in [0, 0.05) is 37.9 Å². The molecule has 1 N–H and O–H groups in total.